The molecule has 0 radical (unpaired) electrons. The van der Waals surface area contributed by atoms with E-state index < -0.39 is 0 Å². The van der Waals surface area contributed by atoms with Gasteiger partial charge in [0.25, 0.3) is 0 Å². The number of hydrogen-bond acceptors (Lipinski definition) is 4. The van der Waals surface area contributed by atoms with Crippen molar-refractivity contribution < 1.29 is 19.2 Å². The third-order valence-corrected chi connectivity index (χ3v) is 8.10. The fraction of sp³-hybridized carbons (Fsp3) is 0.892. The van der Waals surface area contributed by atoms with Crippen LogP contribution in [0, 0.1) is 40.4 Å². The van der Waals surface area contributed by atoms with E-state index in [9.17, 15) is 19.2 Å². The van der Waals surface area contributed by atoms with Gasteiger partial charge in [-0.25, -0.2) is 0 Å². The zero-order chi connectivity index (χ0) is 36.5. The van der Waals surface area contributed by atoms with E-state index >= 15 is 0 Å². The second-order valence-corrected chi connectivity index (χ2v) is 16.0. The number of rotatable bonds is 12. The monoisotopic (exact) mass is 641 g/mol. The fourth-order valence-corrected chi connectivity index (χ4v) is 3.79. The van der Waals surface area contributed by atoms with Crippen molar-refractivity contribution in [1.82, 2.24) is 21.3 Å². The van der Waals surface area contributed by atoms with Gasteiger partial charge in [-0.05, 0) is 91.9 Å². The molecule has 0 aliphatic heterocycles. The van der Waals surface area contributed by atoms with E-state index in [0.29, 0.717) is 30.1 Å². The van der Waals surface area contributed by atoms with Gasteiger partial charge in [-0.1, -0.05) is 76.2 Å². The highest BCUT2D eigenvalue weighted by molar-refractivity contribution is 5.85. The molecule has 8 nitrogen and oxygen atoms in total. The topological polar surface area (TPSA) is 116 Å². The third kappa shape index (κ3) is 22.1. The average Bonchev–Trinajstić information content (AvgIpc) is 3.65. The molecule has 1 unspecified atom stereocenters. The molecule has 0 spiro atoms. The number of hydrogen-bond donors (Lipinski definition) is 4. The van der Waals surface area contributed by atoms with Crippen LogP contribution in [0.1, 0.15) is 151 Å². The Morgan fingerprint density at radius 3 is 1.27 bits per heavy atom. The summed E-state index contributed by atoms with van der Waals surface area (Å²) >= 11 is 0. The average molecular weight is 641 g/mol. The van der Waals surface area contributed by atoms with Gasteiger partial charge in [0.1, 0.15) is 0 Å². The van der Waals surface area contributed by atoms with E-state index in [1.807, 2.05) is 90.0 Å². The van der Waals surface area contributed by atoms with Gasteiger partial charge in [0, 0.05) is 41.9 Å². The molecule has 0 bridgehead atoms. The van der Waals surface area contributed by atoms with Crippen LogP contribution in [-0.2, 0) is 19.2 Å². The summed E-state index contributed by atoms with van der Waals surface area (Å²) in [4.78, 5) is 45.5. The third-order valence-electron chi connectivity index (χ3n) is 8.10. The first-order chi connectivity index (χ1) is 20.2. The highest BCUT2D eigenvalue weighted by Crippen LogP contribution is 2.52. The van der Waals surface area contributed by atoms with Gasteiger partial charge in [-0.15, -0.1) is 0 Å². The molecule has 0 heterocycles. The molecule has 4 N–H and O–H groups in total. The van der Waals surface area contributed by atoms with Crippen molar-refractivity contribution in [2.24, 2.45) is 40.4 Å². The summed E-state index contributed by atoms with van der Waals surface area (Å²) in [5, 5.41) is 11.6. The van der Waals surface area contributed by atoms with E-state index in [0.717, 1.165) is 12.8 Å². The molecule has 1 aliphatic rings. The van der Waals surface area contributed by atoms with Crippen LogP contribution < -0.4 is 21.3 Å². The van der Waals surface area contributed by atoms with E-state index in [4.69, 9.17) is 0 Å². The van der Waals surface area contributed by atoms with Crippen molar-refractivity contribution in [1.29, 1.82) is 0 Å². The SMILES string of the molecule is CC(C)CC(=O)NC(C)C.CC(C)NC(=O)C(C)(C)C(C)C.CC(C)NC(=O)C(C)C(C)C.CC(C)NC(=O)C1(C(C)C)CC1. The summed E-state index contributed by atoms with van der Waals surface area (Å²) in [6.45, 7) is 38.4. The Bertz CT molecular complexity index is 814. The molecule has 0 saturated heterocycles. The van der Waals surface area contributed by atoms with Crippen LogP contribution in [0.25, 0.3) is 0 Å². The predicted octanol–water partition coefficient (Wildman–Crippen LogP) is 7.50. The first kappa shape index (κ1) is 47.3. The molecule has 1 atom stereocenters. The molecule has 1 rings (SSSR count). The van der Waals surface area contributed by atoms with Crippen molar-refractivity contribution >= 4 is 23.6 Å². The molecule has 1 fully saturated rings. The van der Waals surface area contributed by atoms with E-state index in [2.05, 4.69) is 62.8 Å². The largest absolute Gasteiger partial charge is 0.354 e. The van der Waals surface area contributed by atoms with Gasteiger partial charge >= 0.3 is 0 Å². The van der Waals surface area contributed by atoms with Crippen LogP contribution >= 0.6 is 0 Å². The van der Waals surface area contributed by atoms with Crippen LogP contribution in [0.5, 0.6) is 0 Å². The summed E-state index contributed by atoms with van der Waals surface area (Å²) < 4.78 is 0. The maximum absolute atomic E-state index is 11.7. The van der Waals surface area contributed by atoms with Crippen LogP contribution in [0.15, 0.2) is 0 Å². The first-order valence-electron chi connectivity index (χ1n) is 17.5. The van der Waals surface area contributed by atoms with Crippen molar-refractivity contribution in [3.63, 3.8) is 0 Å². The molecule has 1 saturated carbocycles. The zero-order valence-electron chi connectivity index (χ0n) is 33.0. The molecule has 45 heavy (non-hydrogen) atoms. The highest BCUT2D eigenvalue weighted by Gasteiger charge is 2.52. The molecule has 0 aromatic heterocycles. The standard InChI is InChI=1S/C10H19NO.C10H21NO.C9H19NO.C8H17NO/c1-7(2)10(5-6-10)9(12)11-8(3)4;1-7(2)10(5,6)9(12)11-8(3)4;1-6(2)8(5)9(11)10-7(3)4;1-6(2)5-8(10)9-7(3)4/h7-8H,5-6H2,1-4H3,(H,11,12);7-8H,1-6H3,(H,11,12);6-8H,1-5H3,(H,10,11);6-7H,5H2,1-4H3,(H,9,10). The number of nitrogens with one attached hydrogen (secondary N) is 4. The summed E-state index contributed by atoms with van der Waals surface area (Å²) in [6.07, 6.45) is 2.78. The Morgan fingerprint density at radius 2 is 1.00 bits per heavy atom. The summed E-state index contributed by atoms with van der Waals surface area (Å²) in [7, 11) is 0. The van der Waals surface area contributed by atoms with Gasteiger partial charge in [0.2, 0.25) is 23.6 Å². The van der Waals surface area contributed by atoms with Crippen molar-refractivity contribution in [3.8, 4) is 0 Å². The Balaban J connectivity index is -0.000000524. The maximum Gasteiger partial charge on any atom is 0.226 e. The Labute approximate surface area is 279 Å². The predicted molar refractivity (Wildman–Crippen MR) is 192 cm³/mol. The Hall–Kier alpha value is -2.12. The smallest absolute Gasteiger partial charge is 0.226 e. The van der Waals surface area contributed by atoms with Crippen molar-refractivity contribution in [3.05, 3.63) is 0 Å². The van der Waals surface area contributed by atoms with Crippen LogP contribution in [0.3, 0.4) is 0 Å². The molecule has 4 amide bonds. The Kier molecular flexibility index (Phi) is 23.6. The van der Waals surface area contributed by atoms with E-state index in [1.165, 1.54) is 0 Å². The minimum atomic E-state index is -0.260. The van der Waals surface area contributed by atoms with Gasteiger partial charge in [0.05, 0.1) is 5.41 Å². The van der Waals surface area contributed by atoms with Crippen LogP contribution in [0.2, 0.25) is 0 Å². The minimum absolute atomic E-state index is 0.00965. The normalized spacial score (nSPS) is 14.3. The second kappa shape index (κ2) is 22.4. The second-order valence-electron chi connectivity index (χ2n) is 16.0. The molecule has 0 aromatic rings. The summed E-state index contributed by atoms with van der Waals surface area (Å²) in [6, 6.07) is 1.03. The molecular weight excluding hydrogens is 564 g/mol. The summed E-state index contributed by atoms with van der Waals surface area (Å²) in [5.74, 6) is 2.58. The van der Waals surface area contributed by atoms with Crippen LogP contribution in [-0.4, -0.2) is 47.8 Å². The number of amides is 4. The minimum Gasteiger partial charge on any atom is -0.354 e. The molecule has 268 valence electrons. The van der Waals surface area contributed by atoms with Gasteiger partial charge in [-0.2, -0.15) is 0 Å². The van der Waals surface area contributed by atoms with Gasteiger partial charge in [-0.3, -0.25) is 19.2 Å². The summed E-state index contributed by atoms with van der Waals surface area (Å²) in [5.41, 5.74) is -0.269. The molecular formula is C37H76N4O4. The van der Waals surface area contributed by atoms with Gasteiger partial charge < -0.3 is 21.3 Å². The Morgan fingerprint density at radius 1 is 0.600 bits per heavy atom. The molecule has 1 aliphatic carbocycles. The maximum atomic E-state index is 11.7. The highest BCUT2D eigenvalue weighted by atomic mass is 16.2. The van der Waals surface area contributed by atoms with Crippen molar-refractivity contribution in [2.45, 2.75) is 175 Å². The lowest BCUT2D eigenvalue weighted by molar-refractivity contribution is -0.132. The lowest BCUT2D eigenvalue weighted by Gasteiger charge is -2.28. The quantitative estimate of drug-likeness (QED) is 0.177. The van der Waals surface area contributed by atoms with Crippen molar-refractivity contribution in [2.75, 3.05) is 0 Å². The van der Waals surface area contributed by atoms with Crippen LogP contribution in [0.4, 0.5) is 0 Å². The fourth-order valence-electron chi connectivity index (χ4n) is 3.79. The van der Waals surface area contributed by atoms with E-state index in [1.54, 1.807) is 0 Å². The lowest BCUT2D eigenvalue weighted by atomic mass is 9.80. The zero-order valence-corrected chi connectivity index (χ0v) is 33.0. The number of carbonyl (C=O) groups excluding carboxylic acids is 4. The van der Waals surface area contributed by atoms with Gasteiger partial charge in [0.15, 0.2) is 0 Å². The first-order valence-corrected chi connectivity index (χ1v) is 17.5. The lowest BCUT2D eigenvalue weighted by Crippen LogP contribution is -2.43. The van der Waals surface area contributed by atoms with E-state index in [-0.39, 0.29) is 64.5 Å². The molecule has 0 aromatic carbocycles. The number of carbonyl (C=O) groups is 4. The molecule has 8 heteroatoms.